The van der Waals surface area contributed by atoms with Gasteiger partial charge in [0.25, 0.3) is 5.91 Å². The van der Waals surface area contributed by atoms with Crippen molar-refractivity contribution in [3.8, 4) is 11.5 Å². The summed E-state index contributed by atoms with van der Waals surface area (Å²) in [5.74, 6) is 0.101. The van der Waals surface area contributed by atoms with Crippen LogP contribution in [-0.4, -0.2) is 23.2 Å². The predicted octanol–water partition coefficient (Wildman–Crippen LogP) is 4.22. The van der Waals surface area contributed by atoms with Gasteiger partial charge in [-0.3, -0.25) is 4.79 Å². The minimum Gasteiger partial charge on any atom is -0.503 e. The van der Waals surface area contributed by atoms with E-state index in [1.165, 1.54) is 18.9 Å². The van der Waals surface area contributed by atoms with E-state index >= 15 is 0 Å². The van der Waals surface area contributed by atoms with Crippen LogP contribution in [0.1, 0.15) is 11.1 Å². The van der Waals surface area contributed by atoms with Gasteiger partial charge < -0.3 is 9.84 Å². The van der Waals surface area contributed by atoms with E-state index in [0.717, 1.165) is 11.1 Å². The van der Waals surface area contributed by atoms with Crippen molar-refractivity contribution in [1.29, 1.82) is 0 Å². The highest BCUT2D eigenvalue weighted by atomic mass is 79.9. The first-order valence-electron chi connectivity index (χ1n) is 6.73. The van der Waals surface area contributed by atoms with Crippen LogP contribution in [0.3, 0.4) is 0 Å². The van der Waals surface area contributed by atoms with Crippen molar-refractivity contribution in [1.82, 2.24) is 0 Å². The number of amides is 1. The lowest BCUT2D eigenvalue weighted by Crippen LogP contribution is -1.90. The third-order valence-corrected chi connectivity index (χ3v) is 4.85. The SMILES string of the molecule is COc1cc(/C=C2/SC(c3ccccc3)=NC2=O)cc(Br)c1O. The van der Waals surface area contributed by atoms with Crippen LogP contribution >= 0.6 is 27.7 Å². The van der Waals surface area contributed by atoms with E-state index in [0.29, 0.717) is 20.2 Å². The Morgan fingerprint density at radius 3 is 2.70 bits per heavy atom. The van der Waals surface area contributed by atoms with Crippen LogP contribution in [0.2, 0.25) is 0 Å². The van der Waals surface area contributed by atoms with Gasteiger partial charge in [-0.25, -0.2) is 4.99 Å². The largest absolute Gasteiger partial charge is 0.503 e. The predicted molar refractivity (Wildman–Crippen MR) is 95.9 cm³/mol. The topological polar surface area (TPSA) is 58.9 Å². The van der Waals surface area contributed by atoms with Crippen LogP contribution in [0, 0.1) is 0 Å². The van der Waals surface area contributed by atoms with E-state index in [9.17, 15) is 9.90 Å². The number of nitrogens with zero attached hydrogens (tertiary/aromatic N) is 1. The van der Waals surface area contributed by atoms with Crippen LogP contribution in [0.5, 0.6) is 11.5 Å². The number of phenols is 1. The van der Waals surface area contributed by atoms with E-state index in [2.05, 4.69) is 20.9 Å². The van der Waals surface area contributed by atoms with Crippen LogP contribution in [0.15, 0.2) is 56.8 Å². The van der Waals surface area contributed by atoms with E-state index < -0.39 is 0 Å². The molecule has 0 aliphatic carbocycles. The molecule has 23 heavy (non-hydrogen) atoms. The lowest BCUT2D eigenvalue weighted by molar-refractivity contribution is -0.113. The molecule has 116 valence electrons. The van der Waals surface area contributed by atoms with Crippen LogP contribution in [0.4, 0.5) is 0 Å². The molecule has 0 atom stereocenters. The number of hydrogen-bond donors (Lipinski definition) is 1. The summed E-state index contributed by atoms with van der Waals surface area (Å²) < 4.78 is 5.62. The minimum atomic E-state index is -0.267. The molecule has 0 radical (unpaired) electrons. The van der Waals surface area contributed by atoms with Crippen molar-refractivity contribution in [3.63, 3.8) is 0 Å². The van der Waals surface area contributed by atoms with Crippen molar-refractivity contribution in [2.75, 3.05) is 7.11 Å². The number of methoxy groups -OCH3 is 1. The van der Waals surface area contributed by atoms with Crippen molar-refractivity contribution in [2.24, 2.45) is 4.99 Å². The van der Waals surface area contributed by atoms with Gasteiger partial charge in [-0.1, -0.05) is 42.1 Å². The Balaban J connectivity index is 1.91. The van der Waals surface area contributed by atoms with E-state index in [4.69, 9.17) is 4.74 Å². The summed E-state index contributed by atoms with van der Waals surface area (Å²) in [4.78, 5) is 16.7. The molecule has 1 N–H and O–H groups in total. The summed E-state index contributed by atoms with van der Waals surface area (Å²) in [6, 6.07) is 13.0. The second kappa shape index (κ2) is 6.60. The van der Waals surface area contributed by atoms with E-state index in [1.807, 2.05) is 30.3 Å². The van der Waals surface area contributed by atoms with Crippen molar-refractivity contribution < 1.29 is 14.6 Å². The Labute approximate surface area is 146 Å². The van der Waals surface area contributed by atoms with Crippen molar-refractivity contribution >= 4 is 44.7 Å². The molecule has 1 aliphatic rings. The molecule has 2 aromatic rings. The summed E-state index contributed by atoms with van der Waals surface area (Å²) >= 11 is 4.60. The molecule has 0 unspecified atom stereocenters. The molecule has 0 saturated heterocycles. The van der Waals surface area contributed by atoms with Gasteiger partial charge in [-0.15, -0.1) is 0 Å². The zero-order valence-electron chi connectivity index (χ0n) is 12.1. The number of thioether (sulfide) groups is 1. The smallest absolute Gasteiger partial charge is 0.284 e. The Morgan fingerprint density at radius 2 is 2.00 bits per heavy atom. The first-order chi connectivity index (χ1) is 11.1. The molecule has 0 saturated carbocycles. The molecule has 1 aliphatic heterocycles. The van der Waals surface area contributed by atoms with Gasteiger partial charge in [-0.05, 0) is 39.7 Å². The molecular formula is C17H12BrNO3S. The number of halogens is 1. The van der Waals surface area contributed by atoms with E-state index in [1.54, 1.807) is 18.2 Å². The summed E-state index contributed by atoms with van der Waals surface area (Å²) in [5.41, 5.74) is 1.66. The Morgan fingerprint density at radius 1 is 1.26 bits per heavy atom. The molecule has 0 fully saturated rings. The molecule has 1 heterocycles. The number of ether oxygens (including phenoxy) is 1. The number of phenolic OH excluding ortho intramolecular Hbond substituents is 1. The fraction of sp³-hybridized carbons (Fsp3) is 0.0588. The number of benzene rings is 2. The zero-order chi connectivity index (χ0) is 16.4. The van der Waals surface area contributed by atoms with Gasteiger partial charge in [0.1, 0.15) is 5.04 Å². The lowest BCUT2D eigenvalue weighted by atomic mass is 10.2. The normalized spacial score (nSPS) is 15.8. The zero-order valence-corrected chi connectivity index (χ0v) is 14.5. The second-order valence-corrected chi connectivity index (χ2v) is 6.64. The molecule has 0 spiro atoms. The molecule has 6 heteroatoms. The van der Waals surface area contributed by atoms with E-state index in [-0.39, 0.29) is 11.7 Å². The highest BCUT2D eigenvalue weighted by molar-refractivity contribution is 9.10. The molecule has 0 aromatic heterocycles. The maximum absolute atomic E-state index is 12.1. The third-order valence-electron chi connectivity index (χ3n) is 3.21. The van der Waals surface area contributed by atoms with Crippen LogP contribution in [0.25, 0.3) is 6.08 Å². The quantitative estimate of drug-likeness (QED) is 0.798. The fourth-order valence-electron chi connectivity index (χ4n) is 2.10. The summed E-state index contributed by atoms with van der Waals surface area (Å²) in [6.45, 7) is 0. The van der Waals surface area contributed by atoms with Gasteiger partial charge in [0, 0.05) is 5.56 Å². The van der Waals surface area contributed by atoms with Crippen LogP contribution in [-0.2, 0) is 4.79 Å². The maximum Gasteiger partial charge on any atom is 0.284 e. The maximum atomic E-state index is 12.1. The van der Waals surface area contributed by atoms with Gasteiger partial charge >= 0.3 is 0 Å². The minimum absolute atomic E-state index is 0.0290. The van der Waals surface area contributed by atoms with Crippen molar-refractivity contribution in [2.45, 2.75) is 0 Å². The Kier molecular flexibility index (Phi) is 4.54. The highest BCUT2D eigenvalue weighted by Gasteiger charge is 2.23. The van der Waals surface area contributed by atoms with Crippen molar-refractivity contribution in [3.05, 3.63) is 63.0 Å². The lowest BCUT2D eigenvalue weighted by Gasteiger charge is -2.07. The third kappa shape index (κ3) is 3.33. The molecule has 2 aromatic carbocycles. The van der Waals surface area contributed by atoms with Gasteiger partial charge in [-0.2, -0.15) is 0 Å². The Bertz CT molecular complexity index is 831. The molecular weight excluding hydrogens is 378 g/mol. The average molecular weight is 390 g/mol. The van der Waals surface area contributed by atoms with Gasteiger partial charge in [0.2, 0.25) is 0 Å². The fourth-order valence-corrected chi connectivity index (χ4v) is 3.48. The number of aliphatic imine (C=N–C) groups is 1. The standard InChI is InChI=1S/C17H12BrNO3S/c1-22-13-8-10(7-12(18)15(13)20)9-14-16(21)19-17(23-14)11-5-3-2-4-6-11/h2-9,20H,1H3/b14-9+. The number of carbonyl (C=O) groups is 1. The second-order valence-electron chi connectivity index (χ2n) is 4.75. The van der Waals surface area contributed by atoms with Gasteiger partial charge in [0.15, 0.2) is 11.5 Å². The summed E-state index contributed by atoms with van der Waals surface area (Å²) in [7, 11) is 1.48. The van der Waals surface area contributed by atoms with Gasteiger partial charge in [0.05, 0.1) is 16.5 Å². The number of carbonyl (C=O) groups excluding carboxylic acids is 1. The summed E-state index contributed by atoms with van der Waals surface area (Å²) in [5, 5.41) is 10.5. The molecule has 3 rings (SSSR count). The number of rotatable bonds is 3. The average Bonchev–Trinajstić information content (AvgIpc) is 2.92. The van der Waals surface area contributed by atoms with Crippen LogP contribution < -0.4 is 4.74 Å². The molecule has 4 nitrogen and oxygen atoms in total. The number of hydrogen-bond acceptors (Lipinski definition) is 4. The Hall–Kier alpha value is -2.05. The number of aromatic hydroxyl groups is 1. The highest BCUT2D eigenvalue weighted by Crippen LogP contribution is 2.37. The molecule has 1 amide bonds. The monoisotopic (exact) mass is 389 g/mol. The molecule has 0 bridgehead atoms. The first-order valence-corrected chi connectivity index (χ1v) is 8.34. The summed E-state index contributed by atoms with van der Waals surface area (Å²) in [6.07, 6.45) is 1.74. The first kappa shape index (κ1) is 15.8.